The molecular formula is C29H21FN10. The Kier molecular flexibility index (Phi) is 5.97. The van der Waals surface area contributed by atoms with Crippen molar-refractivity contribution in [1.82, 2.24) is 29.5 Å². The molecule has 6 rings (SSSR count). The molecule has 194 valence electrons. The van der Waals surface area contributed by atoms with Crippen molar-refractivity contribution in [3.63, 3.8) is 0 Å². The van der Waals surface area contributed by atoms with Crippen LogP contribution in [-0.2, 0) is 6.42 Å². The normalized spacial score (nSPS) is 11.0. The van der Waals surface area contributed by atoms with Crippen LogP contribution in [-0.4, -0.2) is 29.5 Å². The van der Waals surface area contributed by atoms with E-state index in [9.17, 15) is 0 Å². The summed E-state index contributed by atoms with van der Waals surface area (Å²) in [6.45, 7) is 7.43. The van der Waals surface area contributed by atoms with Gasteiger partial charge in [-0.25, -0.2) is 29.2 Å². The second kappa shape index (κ2) is 9.77. The fraction of sp³-hybridized carbons (Fsp3) is 0.0345. The Morgan fingerprint density at radius 1 is 0.825 bits per heavy atom. The highest BCUT2D eigenvalue weighted by Crippen LogP contribution is 2.37. The number of hydrogen-bond acceptors (Lipinski definition) is 8. The summed E-state index contributed by atoms with van der Waals surface area (Å²) in [6.07, 6.45) is 3.23. The highest BCUT2D eigenvalue weighted by atomic mass is 19.1. The number of rotatable bonds is 5. The number of hydrogen-bond donors (Lipinski definition) is 3. The highest BCUT2D eigenvalue weighted by molar-refractivity contribution is 5.91. The molecule has 0 unspecified atom stereocenters. The average Bonchev–Trinajstić information content (AvgIpc) is 3.38. The van der Waals surface area contributed by atoms with Gasteiger partial charge in [0, 0.05) is 24.4 Å². The quantitative estimate of drug-likeness (QED) is 0.266. The number of fused-ring (bicyclic) bond motifs is 1. The second-order valence-corrected chi connectivity index (χ2v) is 9.00. The molecule has 0 aliphatic rings. The molecule has 6 aromatic rings. The number of nitrogens with zero attached hydrogens (tertiary/aromatic N) is 7. The van der Waals surface area contributed by atoms with Gasteiger partial charge >= 0.3 is 0 Å². The van der Waals surface area contributed by atoms with Crippen LogP contribution in [0, 0.1) is 12.4 Å². The SMILES string of the molecule is [C-]#[N+]c1cccc(-c2nc(N)n3nc(Cc4c(F)cccc4-c4ccnc(N)c4)nc3c2-c2ccnc(N)c2)c1. The van der Waals surface area contributed by atoms with Gasteiger partial charge in [-0.1, -0.05) is 30.3 Å². The van der Waals surface area contributed by atoms with Crippen LogP contribution >= 0.6 is 0 Å². The topological polar surface area (TPSA) is 151 Å². The minimum absolute atomic E-state index is 0.0752. The molecule has 0 saturated carbocycles. The first kappa shape index (κ1) is 24.4. The largest absolute Gasteiger partial charge is 0.384 e. The standard InChI is InChI=1S/C29H21FN10/c1-34-19-5-2-4-18(12-19)27-26(17-9-11-36-24(32)14-17)28-37-25(39-40(28)29(33)38-27)15-21-20(6-3-7-22(21)30)16-8-10-35-23(31)13-16/h2-14H,15H2,(H2,31,35)(H2,32,36)(H2,33,38). The first-order valence-electron chi connectivity index (χ1n) is 12.2. The van der Waals surface area contributed by atoms with E-state index in [4.69, 9.17) is 28.8 Å². The van der Waals surface area contributed by atoms with Crippen LogP contribution in [0.2, 0.25) is 0 Å². The van der Waals surface area contributed by atoms with Gasteiger partial charge < -0.3 is 17.2 Å². The monoisotopic (exact) mass is 528 g/mol. The van der Waals surface area contributed by atoms with Gasteiger partial charge in [0.2, 0.25) is 5.95 Å². The lowest BCUT2D eigenvalue weighted by atomic mass is 9.97. The van der Waals surface area contributed by atoms with Crippen molar-refractivity contribution < 1.29 is 4.39 Å². The Labute approximate surface area is 227 Å². The molecule has 0 bridgehead atoms. The zero-order chi connectivity index (χ0) is 27.8. The molecule has 0 amide bonds. The molecule has 0 radical (unpaired) electrons. The third-order valence-electron chi connectivity index (χ3n) is 6.42. The fourth-order valence-corrected chi connectivity index (χ4v) is 4.66. The Hall–Kier alpha value is -5.89. The first-order chi connectivity index (χ1) is 19.4. The van der Waals surface area contributed by atoms with E-state index in [0.717, 1.165) is 5.56 Å². The summed E-state index contributed by atoms with van der Waals surface area (Å²) in [4.78, 5) is 21.1. The summed E-state index contributed by atoms with van der Waals surface area (Å²) < 4.78 is 16.6. The summed E-state index contributed by atoms with van der Waals surface area (Å²) in [5, 5.41) is 4.60. The maximum atomic E-state index is 15.2. The number of nitrogen functional groups attached to an aromatic ring is 3. The molecule has 0 atom stereocenters. The molecule has 0 fully saturated rings. The molecule has 40 heavy (non-hydrogen) atoms. The Balaban J connectivity index is 1.56. The van der Waals surface area contributed by atoms with Crippen LogP contribution in [0.15, 0.2) is 79.1 Å². The smallest absolute Gasteiger partial charge is 0.223 e. The van der Waals surface area contributed by atoms with Crippen molar-refractivity contribution in [2.45, 2.75) is 6.42 Å². The van der Waals surface area contributed by atoms with E-state index in [1.54, 1.807) is 60.9 Å². The third kappa shape index (κ3) is 4.39. The van der Waals surface area contributed by atoms with Crippen molar-refractivity contribution in [1.29, 1.82) is 0 Å². The van der Waals surface area contributed by atoms with Crippen LogP contribution in [0.25, 0.3) is 44.0 Å². The van der Waals surface area contributed by atoms with Gasteiger partial charge in [0.1, 0.15) is 17.5 Å². The van der Waals surface area contributed by atoms with Crippen LogP contribution in [0.4, 0.5) is 27.7 Å². The maximum absolute atomic E-state index is 15.2. The lowest BCUT2D eigenvalue weighted by Crippen LogP contribution is -2.06. The number of nitrogens with two attached hydrogens (primary N) is 3. The summed E-state index contributed by atoms with van der Waals surface area (Å²) >= 11 is 0. The lowest BCUT2D eigenvalue weighted by Gasteiger charge is -2.12. The van der Waals surface area contributed by atoms with Gasteiger partial charge in [0.25, 0.3) is 0 Å². The minimum Gasteiger partial charge on any atom is -0.384 e. The second-order valence-electron chi connectivity index (χ2n) is 9.00. The van der Waals surface area contributed by atoms with Gasteiger partial charge in [-0.2, -0.15) is 4.52 Å². The van der Waals surface area contributed by atoms with Gasteiger partial charge in [-0.05, 0) is 58.7 Å². The minimum atomic E-state index is -0.406. The van der Waals surface area contributed by atoms with E-state index < -0.39 is 5.82 Å². The zero-order valence-corrected chi connectivity index (χ0v) is 21.0. The Bertz CT molecular complexity index is 1960. The highest BCUT2D eigenvalue weighted by Gasteiger charge is 2.22. The molecule has 2 aromatic carbocycles. The van der Waals surface area contributed by atoms with E-state index in [1.807, 2.05) is 12.1 Å². The molecule has 4 heterocycles. The number of pyridine rings is 2. The molecule has 0 aliphatic heterocycles. The Morgan fingerprint density at radius 2 is 1.55 bits per heavy atom. The van der Waals surface area contributed by atoms with Crippen LogP contribution < -0.4 is 17.2 Å². The molecule has 0 spiro atoms. The summed E-state index contributed by atoms with van der Waals surface area (Å²) in [5.74, 6) is 0.640. The molecular weight excluding hydrogens is 507 g/mol. The molecule has 0 aliphatic carbocycles. The molecule has 11 heteroatoms. The van der Waals surface area contributed by atoms with E-state index in [1.165, 1.54) is 10.6 Å². The number of benzene rings is 2. The van der Waals surface area contributed by atoms with Crippen molar-refractivity contribution in [3.8, 4) is 33.5 Å². The van der Waals surface area contributed by atoms with E-state index in [0.29, 0.717) is 62.3 Å². The summed E-state index contributed by atoms with van der Waals surface area (Å²) in [6, 6.07) is 18.8. The zero-order valence-electron chi connectivity index (χ0n) is 21.0. The van der Waals surface area contributed by atoms with Crippen molar-refractivity contribution >= 4 is 28.9 Å². The van der Waals surface area contributed by atoms with Gasteiger partial charge in [-0.3, -0.25) is 0 Å². The lowest BCUT2D eigenvalue weighted by molar-refractivity contribution is 0.613. The van der Waals surface area contributed by atoms with Gasteiger partial charge in [0.05, 0.1) is 17.8 Å². The maximum Gasteiger partial charge on any atom is 0.223 e. The average molecular weight is 529 g/mol. The first-order valence-corrected chi connectivity index (χ1v) is 12.2. The summed E-state index contributed by atoms with van der Waals surface area (Å²) in [7, 11) is 0. The predicted molar refractivity (Wildman–Crippen MR) is 151 cm³/mol. The van der Waals surface area contributed by atoms with E-state index in [-0.39, 0.29) is 12.4 Å². The summed E-state index contributed by atoms with van der Waals surface area (Å²) in [5.41, 5.74) is 23.4. The van der Waals surface area contributed by atoms with E-state index >= 15 is 4.39 Å². The van der Waals surface area contributed by atoms with E-state index in [2.05, 4.69) is 24.9 Å². The van der Waals surface area contributed by atoms with Crippen LogP contribution in [0.1, 0.15) is 11.4 Å². The number of halogens is 1. The fourth-order valence-electron chi connectivity index (χ4n) is 4.66. The number of aromatic nitrogens is 6. The van der Waals surface area contributed by atoms with Crippen LogP contribution in [0.5, 0.6) is 0 Å². The molecule has 4 aromatic heterocycles. The molecule has 10 nitrogen and oxygen atoms in total. The molecule has 0 saturated heterocycles. The van der Waals surface area contributed by atoms with Gasteiger partial charge in [0.15, 0.2) is 17.2 Å². The van der Waals surface area contributed by atoms with Crippen LogP contribution in [0.3, 0.4) is 0 Å². The number of anilines is 3. The van der Waals surface area contributed by atoms with Crippen molar-refractivity contribution in [2.75, 3.05) is 17.2 Å². The van der Waals surface area contributed by atoms with Gasteiger partial charge in [-0.15, -0.1) is 5.10 Å². The predicted octanol–water partition coefficient (Wildman–Crippen LogP) is 4.94. The Morgan fingerprint density at radius 3 is 2.30 bits per heavy atom. The molecule has 6 N–H and O–H groups in total. The van der Waals surface area contributed by atoms with Crippen molar-refractivity contribution in [3.05, 3.63) is 108 Å². The third-order valence-corrected chi connectivity index (χ3v) is 6.42. The van der Waals surface area contributed by atoms with Crippen molar-refractivity contribution in [2.24, 2.45) is 0 Å².